The van der Waals surface area contributed by atoms with Crippen LogP contribution in [0, 0.1) is 10.1 Å². The molecule has 8 nitrogen and oxygen atoms in total. The third-order valence-corrected chi connectivity index (χ3v) is 3.94. The van der Waals surface area contributed by atoms with E-state index < -0.39 is 11.0 Å². The fraction of sp³-hybridized carbons (Fsp3) is 0.235. The lowest BCUT2D eigenvalue weighted by Crippen LogP contribution is -2.30. The van der Waals surface area contributed by atoms with Crippen LogP contribution in [0.1, 0.15) is 0 Å². The van der Waals surface area contributed by atoms with Crippen LogP contribution in [0.2, 0.25) is 0 Å². The van der Waals surface area contributed by atoms with Gasteiger partial charge in [0.2, 0.25) is 0 Å². The molecule has 1 N–H and O–H groups in total. The molecular weight excluding hydrogens is 326 g/mol. The highest BCUT2D eigenvalue weighted by Gasteiger charge is 2.17. The number of aromatic nitrogens is 2. The number of imidazole rings is 1. The molecule has 0 aliphatic heterocycles. The number of rotatable bonds is 6. The van der Waals surface area contributed by atoms with Crippen molar-refractivity contribution in [2.75, 3.05) is 6.61 Å². The van der Waals surface area contributed by atoms with Gasteiger partial charge < -0.3 is 9.84 Å². The van der Waals surface area contributed by atoms with Crippen LogP contribution in [-0.2, 0) is 13.6 Å². The minimum absolute atomic E-state index is 0.0286. The van der Waals surface area contributed by atoms with Crippen molar-refractivity contribution in [3.8, 4) is 5.75 Å². The van der Waals surface area contributed by atoms with Crippen molar-refractivity contribution in [1.82, 2.24) is 9.13 Å². The predicted molar refractivity (Wildman–Crippen MR) is 91.8 cm³/mol. The summed E-state index contributed by atoms with van der Waals surface area (Å²) < 4.78 is 8.34. The third-order valence-electron chi connectivity index (χ3n) is 3.94. The van der Waals surface area contributed by atoms with Gasteiger partial charge in [-0.2, -0.15) is 0 Å². The highest BCUT2D eigenvalue weighted by atomic mass is 16.6. The molecule has 3 aromatic rings. The molecule has 0 aliphatic rings. The minimum atomic E-state index is -0.997. The largest absolute Gasteiger partial charge is 0.484 e. The Hall–Kier alpha value is -3.13. The molecule has 1 aromatic heterocycles. The van der Waals surface area contributed by atoms with E-state index >= 15 is 0 Å². The van der Waals surface area contributed by atoms with E-state index in [0.29, 0.717) is 5.52 Å². The molecule has 2 aromatic carbocycles. The Balaban J connectivity index is 1.76. The van der Waals surface area contributed by atoms with Gasteiger partial charge in [-0.3, -0.25) is 19.2 Å². The lowest BCUT2D eigenvalue weighted by molar-refractivity contribution is -0.385. The maximum atomic E-state index is 12.3. The van der Waals surface area contributed by atoms with E-state index in [2.05, 4.69) is 0 Å². The van der Waals surface area contributed by atoms with Crippen molar-refractivity contribution in [3.63, 3.8) is 0 Å². The summed E-state index contributed by atoms with van der Waals surface area (Å²) in [5.74, 6) is 0.0804. The summed E-state index contributed by atoms with van der Waals surface area (Å²) in [7, 11) is 1.66. The lowest BCUT2D eigenvalue weighted by atomic mass is 10.3. The number of para-hydroxylation sites is 4. The fourth-order valence-electron chi connectivity index (χ4n) is 2.72. The summed E-state index contributed by atoms with van der Waals surface area (Å²) in [4.78, 5) is 22.7. The molecule has 0 spiro atoms. The second-order valence-electron chi connectivity index (χ2n) is 5.63. The van der Waals surface area contributed by atoms with Gasteiger partial charge in [-0.25, -0.2) is 4.79 Å². The second-order valence-corrected chi connectivity index (χ2v) is 5.63. The molecule has 0 amide bonds. The number of nitro groups is 1. The van der Waals surface area contributed by atoms with Crippen molar-refractivity contribution in [2.45, 2.75) is 12.6 Å². The molecule has 0 saturated carbocycles. The quantitative estimate of drug-likeness (QED) is 0.542. The summed E-state index contributed by atoms with van der Waals surface area (Å²) in [5, 5.41) is 21.2. The van der Waals surface area contributed by atoms with Gasteiger partial charge in [0.1, 0.15) is 12.7 Å². The summed E-state index contributed by atoms with van der Waals surface area (Å²) in [5.41, 5.74) is 1.06. The monoisotopic (exact) mass is 343 g/mol. The summed E-state index contributed by atoms with van der Waals surface area (Å²) in [6.45, 7) is -0.138. The van der Waals surface area contributed by atoms with Gasteiger partial charge >= 0.3 is 11.4 Å². The van der Waals surface area contributed by atoms with Gasteiger partial charge in [-0.05, 0) is 18.2 Å². The zero-order valence-corrected chi connectivity index (χ0v) is 13.5. The van der Waals surface area contributed by atoms with Crippen molar-refractivity contribution in [1.29, 1.82) is 0 Å². The molecule has 0 radical (unpaired) electrons. The Labute approximate surface area is 142 Å². The normalized spacial score (nSPS) is 12.2. The molecule has 25 heavy (non-hydrogen) atoms. The van der Waals surface area contributed by atoms with Crippen LogP contribution in [0.25, 0.3) is 11.0 Å². The summed E-state index contributed by atoms with van der Waals surface area (Å²) in [6.07, 6.45) is -0.997. The summed E-state index contributed by atoms with van der Waals surface area (Å²) in [6, 6.07) is 13.2. The van der Waals surface area contributed by atoms with Gasteiger partial charge in [-0.1, -0.05) is 24.3 Å². The van der Waals surface area contributed by atoms with Crippen LogP contribution in [0.15, 0.2) is 53.3 Å². The van der Waals surface area contributed by atoms with Crippen LogP contribution in [0.5, 0.6) is 5.75 Å². The maximum Gasteiger partial charge on any atom is 0.328 e. The topological polar surface area (TPSA) is 99.5 Å². The number of aryl methyl sites for hydroxylation is 1. The molecule has 130 valence electrons. The van der Waals surface area contributed by atoms with Crippen molar-refractivity contribution < 1.29 is 14.8 Å². The van der Waals surface area contributed by atoms with Crippen molar-refractivity contribution in [3.05, 3.63) is 69.1 Å². The van der Waals surface area contributed by atoms with Crippen LogP contribution >= 0.6 is 0 Å². The van der Waals surface area contributed by atoms with Gasteiger partial charge in [0.15, 0.2) is 5.75 Å². The van der Waals surface area contributed by atoms with E-state index in [1.807, 2.05) is 18.2 Å². The molecule has 0 unspecified atom stereocenters. The van der Waals surface area contributed by atoms with E-state index in [4.69, 9.17) is 4.74 Å². The molecule has 0 aliphatic carbocycles. The van der Waals surface area contributed by atoms with Gasteiger partial charge in [-0.15, -0.1) is 0 Å². The lowest BCUT2D eigenvalue weighted by Gasteiger charge is -2.13. The zero-order valence-electron chi connectivity index (χ0n) is 13.5. The first kappa shape index (κ1) is 16.7. The number of fused-ring (bicyclic) bond motifs is 1. The zero-order chi connectivity index (χ0) is 18.0. The van der Waals surface area contributed by atoms with Crippen LogP contribution in [0.4, 0.5) is 5.69 Å². The Morgan fingerprint density at radius 1 is 1.16 bits per heavy atom. The van der Waals surface area contributed by atoms with E-state index in [1.54, 1.807) is 19.2 Å². The van der Waals surface area contributed by atoms with Crippen molar-refractivity contribution in [2.24, 2.45) is 7.05 Å². The first-order chi connectivity index (χ1) is 12.0. The van der Waals surface area contributed by atoms with Gasteiger partial charge in [0.05, 0.1) is 22.5 Å². The number of hydrogen-bond acceptors (Lipinski definition) is 5. The number of hydrogen-bond donors (Lipinski definition) is 1. The average molecular weight is 343 g/mol. The average Bonchev–Trinajstić information content (AvgIpc) is 2.85. The first-order valence-corrected chi connectivity index (χ1v) is 7.67. The number of nitrogens with zero attached hydrogens (tertiary/aromatic N) is 3. The molecule has 3 rings (SSSR count). The Morgan fingerprint density at radius 3 is 2.52 bits per heavy atom. The Bertz CT molecular complexity index is 976. The van der Waals surface area contributed by atoms with Crippen molar-refractivity contribution >= 4 is 16.7 Å². The standard InChI is InChI=1S/C17H17N3O5/c1-18-13-6-2-3-7-14(13)19(17(18)22)10-12(21)11-25-16-9-5-4-8-15(16)20(23)24/h2-9,12,21H,10-11H2,1H3/t12-/m1/s1. The number of nitro benzene ring substituents is 1. The fourth-order valence-corrected chi connectivity index (χ4v) is 2.72. The Kier molecular flexibility index (Phi) is 4.53. The van der Waals surface area contributed by atoms with Crippen LogP contribution in [0.3, 0.4) is 0 Å². The molecule has 1 heterocycles. The highest BCUT2D eigenvalue weighted by Crippen LogP contribution is 2.25. The molecular formula is C17H17N3O5. The second kappa shape index (κ2) is 6.78. The van der Waals surface area contributed by atoms with E-state index in [-0.39, 0.29) is 30.3 Å². The minimum Gasteiger partial charge on any atom is -0.484 e. The highest BCUT2D eigenvalue weighted by molar-refractivity contribution is 5.75. The van der Waals surface area contributed by atoms with E-state index in [9.17, 15) is 20.0 Å². The Morgan fingerprint density at radius 2 is 1.80 bits per heavy atom. The van der Waals surface area contributed by atoms with E-state index in [1.165, 1.54) is 27.3 Å². The molecule has 0 saturated heterocycles. The molecule has 0 bridgehead atoms. The van der Waals surface area contributed by atoms with Gasteiger partial charge in [0, 0.05) is 13.1 Å². The number of aliphatic hydroxyl groups is 1. The summed E-state index contributed by atoms with van der Waals surface area (Å²) >= 11 is 0. The third kappa shape index (κ3) is 3.24. The first-order valence-electron chi connectivity index (χ1n) is 7.67. The molecule has 8 heteroatoms. The smallest absolute Gasteiger partial charge is 0.328 e. The number of benzene rings is 2. The number of aliphatic hydroxyl groups excluding tert-OH is 1. The predicted octanol–water partition coefficient (Wildman–Crippen LogP) is 1.69. The molecule has 1 atom stereocenters. The maximum absolute atomic E-state index is 12.3. The number of ether oxygens (including phenoxy) is 1. The van der Waals surface area contributed by atoms with E-state index in [0.717, 1.165) is 5.52 Å². The van der Waals surface area contributed by atoms with Crippen LogP contribution in [-0.4, -0.2) is 31.9 Å². The van der Waals surface area contributed by atoms with Gasteiger partial charge in [0.25, 0.3) is 0 Å². The SMILES string of the molecule is Cn1c(=O)n(C[C@@H](O)COc2ccccc2[N+](=O)[O-])c2ccccc21. The van der Waals surface area contributed by atoms with Crippen LogP contribution < -0.4 is 10.4 Å². The molecule has 0 fully saturated rings.